The van der Waals surface area contributed by atoms with E-state index in [4.69, 9.17) is 9.84 Å². The second kappa shape index (κ2) is 4.59. The van der Waals surface area contributed by atoms with Crippen LogP contribution < -0.4 is 4.74 Å². The molecular formula is C11H11FO3. The van der Waals surface area contributed by atoms with Crippen molar-refractivity contribution in [1.29, 1.82) is 0 Å². The molecule has 0 radical (unpaired) electrons. The Labute approximate surface area is 86.8 Å². The lowest BCUT2D eigenvalue weighted by Crippen LogP contribution is -1.95. The van der Waals surface area contributed by atoms with Gasteiger partial charge in [0.25, 0.3) is 0 Å². The Hall–Kier alpha value is -1.84. The molecule has 0 fully saturated rings. The van der Waals surface area contributed by atoms with Gasteiger partial charge in [0.05, 0.1) is 7.11 Å². The van der Waals surface area contributed by atoms with E-state index >= 15 is 0 Å². The smallest absolute Gasteiger partial charge is 0.331 e. The van der Waals surface area contributed by atoms with Crippen LogP contribution in [0.1, 0.15) is 12.5 Å². The van der Waals surface area contributed by atoms with Gasteiger partial charge in [0.15, 0.2) is 11.6 Å². The van der Waals surface area contributed by atoms with Gasteiger partial charge in [-0.3, -0.25) is 0 Å². The number of carbonyl (C=O) groups is 1. The maximum Gasteiger partial charge on any atom is 0.331 e. The van der Waals surface area contributed by atoms with Gasteiger partial charge in [-0.05, 0) is 30.7 Å². The Bertz CT molecular complexity index is 410. The molecule has 0 bridgehead atoms. The summed E-state index contributed by atoms with van der Waals surface area (Å²) in [6.07, 6.45) is 1.39. The van der Waals surface area contributed by atoms with E-state index < -0.39 is 11.8 Å². The van der Waals surface area contributed by atoms with Crippen molar-refractivity contribution in [3.05, 3.63) is 35.2 Å². The normalized spacial score (nSPS) is 11.3. The first-order valence-corrected chi connectivity index (χ1v) is 4.29. The Morgan fingerprint density at radius 2 is 2.20 bits per heavy atom. The molecule has 0 aliphatic heterocycles. The fourth-order valence-corrected chi connectivity index (χ4v) is 1.08. The predicted octanol–water partition coefficient (Wildman–Crippen LogP) is 2.32. The lowest BCUT2D eigenvalue weighted by Gasteiger charge is -2.02. The number of methoxy groups -OCH3 is 1. The van der Waals surface area contributed by atoms with Crippen molar-refractivity contribution < 1.29 is 19.0 Å². The highest BCUT2D eigenvalue weighted by Crippen LogP contribution is 2.19. The number of carboxylic acid groups (broad SMARTS) is 1. The van der Waals surface area contributed by atoms with Crippen LogP contribution in [0.3, 0.4) is 0 Å². The van der Waals surface area contributed by atoms with Crippen LogP contribution in [-0.2, 0) is 4.79 Å². The number of ether oxygens (including phenoxy) is 1. The maximum absolute atomic E-state index is 13.2. The van der Waals surface area contributed by atoms with E-state index in [-0.39, 0.29) is 11.3 Å². The molecule has 0 aliphatic rings. The number of hydrogen-bond donors (Lipinski definition) is 1. The lowest BCUT2D eigenvalue weighted by molar-refractivity contribution is -0.132. The van der Waals surface area contributed by atoms with Gasteiger partial charge in [0.2, 0.25) is 0 Å². The number of halogens is 1. The molecule has 0 saturated carbocycles. The van der Waals surface area contributed by atoms with Crippen LogP contribution in [0.15, 0.2) is 23.8 Å². The van der Waals surface area contributed by atoms with Crippen molar-refractivity contribution in [2.24, 2.45) is 0 Å². The molecule has 15 heavy (non-hydrogen) atoms. The van der Waals surface area contributed by atoms with Crippen LogP contribution in [0.5, 0.6) is 5.75 Å². The van der Waals surface area contributed by atoms with Crippen LogP contribution in [0.2, 0.25) is 0 Å². The molecule has 0 heterocycles. The van der Waals surface area contributed by atoms with Gasteiger partial charge in [-0.25, -0.2) is 9.18 Å². The van der Waals surface area contributed by atoms with E-state index in [1.54, 1.807) is 6.07 Å². The number of aliphatic carboxylic acids is 1. The summed E-state index contributed by atoms with van der Waals surface area (Å²) in [4.78, 5) is 10.5. The van der Waals surface area contributed by atoms with Crippen molar-refractivity contribution in [1.82, 2.24) is 0 Å². The first kappa shape index (κ1) is 11.2. The number of rotatable bonds is 3. The quantitative estimate of drug-likeness (QED) is 0.779. The van der Waals surface area contributed by atoms with E-state index in [2.05, 4.69) is 0 Å². The highest BCUT2D eigenvalue weighted by molar-refractivity contribution is 5.91. The van der Waals surface area contributed by atoms with Gasteiger partial charge < -0.3 is 9.84 Å². The van der Waals surface area contributed by atoms with Gasteiger partial charge in [-0.1, -0.05) is 6.07 Å². The van der Waals surface area contributed by atoms with E-state index in [1.165, 1.54) is 32.2 Å². The zero-order chi connectivity index (χ0) is 11.4. The fraction of sp³-hybridized carbons (Fsp3) is 0.182. The lowest BCUT2D eigenvalue weighted by atomic mass is 10.1. The van der Waals surface area contributed by atoms with E-state index in [9.17, 15) is 9.18 Å². The molecule has 0 spiro atoms. The average Bonchev–Trinajstić information content (AvgIpc) is 2.18. The molecule has 1 rings (SSSR count). The number of carboxylic acids is 1. The Morgan fingerprint density at radius 3 is 2.67 bits per heavy atom. The van der Waals surface area contributed by atoms with Crippen molar-refractivity contribution in [2.45, 2.75) is 6.92 Å². The topological polar surface area (TPSA) is 46.5 Å². The molecule has 0 amide bonds. The Kier molecular flexibility index (Phi) is 3.44. The van der Waals surface area contributed by atoms with Crippen molar-refractivity contribution in [2.75, 3.05) is 7.11 Å². The third kappa shape index (κ3) is 2.80. The summed E-state index contributed by atoms with van der Waals surface area (Å²) in [5.41, 5.74) is 0.646. The van der Waals surface area contributed by atoms with E-state index in [0.29, 0.717) is 5.56 Å². The second-order valence-corrected chi connectivity index (χ2v) is 3.03. The zero-order valence-corrected chi connectivity index (χ0v) is 8.45. The zero-order valence-electron chi connectivity index (χ0n) is 8.45. The van der Waals surface area contributed by atoms with Crippen LogP contribution in [0.25, 0.3) is 6.08 Å². The molecule has 0 aliphatic carbocycles. The Balaban J connectivity index is 3.03. The van der Waals surface area contributed by atoms with Crippen LogP contribution in [0.4, 0.5) is 4.39 Å². The van der Waals surface area contributed by atoms with Gasteiger partial charge in [-0.15, -0.1) is 0 Å². The van der Waals surface area contributed by atoms with Crippen LogP contribution >= 0.6 is 0 Å². The molecule has 1 aromatic carbocycles. The summed E-state index contributed by atoms with van der Waals surface area (Å²) in [6.45, 7) is 1.45. The molecular weight excluding hydrogens is 199 g/mol. The van der Waals surface area contributed by atoms with Gasteiger partial charge in [-0.2, -0.15) is 0 Å². The van der Waals surface area contributed by atoms with Gasteiger partial charge in [0.1, 0.15) is 0 Å². The SMILES string of the molecule is COc1ccc(/C=C(\C)C(=O)O)cc1F. The first-order valence-electron chi connectivity index (χ1n) is 4.29. The molecule has 80 valence electrons. The summed E-state index contributed by atoms with van der Waals surface area (Å²) in [7, 11) is 1.37. The summed E-state index contributed by atoms with van der Waals surface area (Å²) < 4.78 is 17.9. The Morgan fingerprint density at radius 1 is 1.53 bits per heavy atom. The monoisotopic (exact) mass is 210 g/mol. The highest BCUT2D eigenvalue weighted by Gasteiger charge is 2.04. The minimum atomic E-state index is -1.02. The third-order valence-electron chi connectivity index (χ3n) is 1.90. The first-order chi connectivity index (χ1) is 7.04. The fourth-order valence-electron chi connectivity index (χ4n) is 1.08. The van der Waals surface area contributed by atoms with Crippen LogP contribution in [0, 0.1) is 5.82 Å². The molecule has 0 unspecified atom stereocenters. The molecule has 4 heteroatoms. The van der Waals surface area contributed by atoms with E-state index in [0.717, 1.165) is 0 Å². The molecule has 0 aromatic heterocycles. The summed E-state index contributed by atoms with van der Waals surface area (Å²) >= 11 is 0. The van der Waals surface area contributed by atoms with Crippen LogP contribution in [-0.4, -0.2) is 18.2 Å². The highest BCUT2D eigenvalue weighted by atomic mass is 19.1. The standard InChI is InChI=1S/C11H11FO3/c1-7(11(13)14)5-8-3-4-10(15-2)9(12)6-8/h3-6H,1-2H3,(H,13,14)/b7-5+. The molecule has 1 aromatic rings. The molecule has 0 saturated heterocycles. The molecule has 1 N–H and O–H groups in total. The summed E-state index contributed by atoms with van der Waals surface area (Å²) in [5, 5.41) is 8.63. The number of hydrogen-bond acceptors (Lipinski definition) is 2. The summed E-state index contributed by atoms with van der Waals surface area (Å²) in [5.74, 6) is -1.39. The minimum absolute atomic E-state index is 0.139. The minimum Gasteiger partial charge on any atom is -0.494 e. The average molecular weight is 210 g/mol. The third-order valence-corrected chi connectivity index (χ3v) is 1.90. The molecule has 3 nitrogen and oxygen atoms in total. The van der Waals surface area contributed by atoms with Crippen molar-refractivity contribution >= 4 is 12.0 Å². The summed E-state index contributed by atoms with van der Waals surface area (Å²) in [6, 6.07) is 4.27. The molecule has 0 atom stereocenters. The predicted molar refractivity (Wildman–Crippen MR) is 54.2 cm³/mol. The van der Waals surface area contributed by atoms with Gasteiger partial charge in [0, 0.05) is 5.57 Å². The maximum atomic E-state index is 13.2. The largest absolute Gasteiger partial charge is 0.494 e. The van der Waals surface area contributed by atoms with E-state index in [1.807, 2.05) is 0 Å². The van der Waals surface area contributed by atoms with Crippen molar-refractivity contribution in [3.63, 3.8) is 0 Å². The van der Waals surface area contributed by atoms with Gasteiger partial charge >= 0.3 is 5.97 Å². The number of benzene rings is 1. The second-order valence-electron chi connectivity index (χ2n) is 3.03. The van der Waals surface area contributed by atoms with Crippen molar-refractivity contribution in [3.8, 4) is 5.75 Å².